The molecule has 0 unspecified atom stereocenters. The van der Waals surface area contributed by atoms with E-state index in [1.807, 2.05) is 16.8 Å². The summed E-state index contributed by atoms with van der Waals surface area (Å²) < 4.78 is 10.1. The third kappa shape index (κ3) is 4.74. The topological polar surface area (TPSA) is 82.3 Å². The molecule has 6 nitrogen and oxygen atoms in total. The summed E-state index contributed by atoms with van der Waals surface area (Å²) in [5, 5.41) is 8.22. The molecule has 0 amide bonds. The van der Waals surface area contributed by atoms with Gasteiger partial charge in [-0.1, -0.05) is 16.8 Å². The van der Waals surface area contributed by atoms with Gasteiger partial charge >= 0.3 is 5.97 Å². The Bertz CT molecular complexity index is 859. The zero-order chi connectivity index (χ0) is 17.6. The average Bonchev–Trinajstić information content (AvgIpc) is 3.29. The van der Waals surface area contributed by atoms with E-state index in [9.17, 15) is 9.59 Å². The molecule has 25 heavy (non-hydrogen) atoms. The second kappa shape index (κ2) is 8.04. The summed E-state index contributed by atoms with van der Waals surface area (Å²) in [5.74, 6) is 0.0462. The van der Waals surface area contributed by atoms with Crippen molar-refractivity contribution < 1.29 is 18.8 Å². The summed E-state index contributed by atoms with van der Waals surface area (Å²) in [7, 11) is 0. The Kier molecular flexibility index (Phi) is 5.57. The van der Waals surface area contributed by atoms with Crippen molar-refractivity contribution in [1.29, 1.82) is 0 Å². The van der Waals surface area contributed by atoms with Gasteiger partial charge in [0.2, 0.25) is 11.7 Å². The number of benzene rings is 1. The molecule has 0 aliphatic carbocycles. The van der Waals surface area contributed by atoms with Crippen molar-refractivity contribution >= 4 is 34.7 Å². The SMILES string of the molecule is O=C(CCc1nc(-c2ccsc2)no1)OCC(=O)c1ccc(Cl)cc1. The van der Waals surface area contributed by atoms with Crippen LogP contribution in [0.5, 0.6) is 0 Å². The van der Waals surface area contributed by atoms with Crippen molar-refractivity contribution in [3.63, 3.8) is 0 Å². The Balaban J connectivity index is 1.45. The maximum atomic E-state index is 11.9. The molecule has 128 valence electrons. The fraction of sp³-hybridized carbons (Fsp3) is 0.176. The molecule has 8 heteroatoms. The Morgan fingerprint density at radius 3 is 2.72 bits per heavy atom. The second-order valence-corrected chi connectivity index (χ2v) is 6.33. The van der Waals surface area contributed by atoms with E-state index in [-0.39, 0.29) is 25.2 Å². The number of aryl methyl sites for hydroxylation is 1. The minimum Gasteiger partial charge on any atom is -0.457 e. The number of carbonyl (C=O) groups is 2. The monoisotopic (exact) mass is 376 g/mol. The predicted molar refractivity (Wildman–Crippen MR) is 92.7 cm³/mol. The van der Waals surface area contributed by atoms with E-state index in [1.54, 1.807) is 24.3 Å². The highest BCUT2D eigenvalue weighted by molar-refractivity contribution is 7.08. The van der Waals surface area contributed by atoms with Crippen LogP contribution in [0.2, 0.25) is 5.02 Å². The number of esters is 1. The van der Waals surface area contributed by atoms with Crippen LogP contribution in [0.1, 0.15) is 22.7 Å². The lowest BCUT2D eigenvalue weighted by Gasteiger charge is -2.03. The summed E-state index contributed by atoms with van der Waals surface area (Å²) in [6, 6.07) is 8.27. The lowest BCUT2D eigenvalue weighted by atomic mass is 10.1. The summed E-state index contributed by atoms with van der Waals surface area (Å²) in [6.45, 7) is -0.315. The molecule has 2 heterocycles. The van der Waals surface area contributed by atoms with E-state index >= 15 is 0 Å². The van der Waals surface area contributed by atoms with Crippen LogP contribution in [0.4, 0.5) is 0 Å². The molecule has 0 fully saturated rings. The van der Waals surface area contributed by atoms with Gasteiger partial charge in [-0.15, -0.1) is 0 Å². The molecule has 0 spiro atoms. The Morgan fingerprint density at radius 1 is 1.20 bits per heavy atom. The highest BCUT2D eigenvalue weighted by Crippen LogP contribution is 2.19. The largest absolute Gasteiger partial charge is 0.457 e. The molecule has 3 rings (SSSR count). The van der Waals surface area contributed by atoms with Crippen LogP contribution in [0, 0.1) is 0 Å². The molecule has 1 aromatic carbocycles. The Morgan fingerprint density at radius 2 is 2.00 bits per heavy atom. The van der Waals surface area contributed by atoms with Crippen LogP contribution < -0.4 is 0 Å². The molecular weight excluding hydrogens is 364 g/mol. The van der Waals surface area contributed by atoms with Gasteiger partial charge in [-0.05, 0) is 35.7 Å². The third-order valence-corrected chi connectivity index (χ3v) is 4.26. The molecule has 2 aromatic heterocycles. The first kappa shape index (κ1) is 17.3. The standard InChI is InChI=1S/C17H13ClN2O4S/c18-13-3-1-11(2-4-13)14(21)9-23-16(22)6-5-15-19-17(20-24-15)12-7-8-25-10-12/h1-4,7-8,10H,5-6,9H2. The van der Waals surface area contributed by atoms with E-state index in [1.165, 1.54) is 11.3 Å². The number of ether oxygens (including phenoxy) is 1. The number of hydrogen-bond donors (Lipinski definition) is 0. The van der Waals surface area contributed by atoms with Crippen LogP contribution >= 0.6 is 22.9 Å². The molecule has 0 aliphatic heterocycles. The minimum absolute atomic E-state index is 0.0547. The molecule has 0 bridgehead atoms. The van der Waals surface area contributed by atoms with Crippen molar-refractivity contribution in [2.75, 3.05) is 6.61 Å². The molecular formula is C17H13ClN2O4S. The Labute approximate surface area is 152 Å². The number of carbonyl (C=O) groups excluding carboxylic acids is 2. The van der Waals surface area contributed by atoms with Crippen LogP contribution in [-0.4, -0.2) is 28.5 Å². The summed E-state index contributed by atoms with van der Waals surface area (Å²) in [5.41, 5.74) is 1.31. The lowest BCUT2D eigenvalue weighted by molar-refractivity contribution is -0.142. The minimum atomic E-state index is -0.502. The molecule has 0 saturated heterocycles. The van der Waals surface area contributed by atoms with Gasteiger partial charge in [0.05, 0.1) is 6.42 Å². The van der Waals surface area contributed by atoms with Gasteiger partial charge in [0, 0.05) is 28.0 Å². The number of Topliss-reactive ketones (excluding diaryl/α,β-unsaturated/α-hetero) is 1. The lowest BCUT2D eigenvalue weighted by Crippen LogP contribution is -2.14. The number of ketones is 1. The second-order valence-electron chi connectivity index (χ2n) is 5.11. The van der Waals surface area contributed by atoms with E-state index in [2.05, 4.69) is 10.1 Å². The summed E-state index contributed by atoms with van der Waals surface area (Å²) in [4.78, 5) is 27.9. The third-order valence-electron chi connectivity index (χ3n) is 3.32. The van der Waals surface area contributed by atoms with E-state index in [0.717, 1.165) is 5.56 Å². The zero-order valence-corrected chi connectivity index (χ0v) is 14.5. The van der Waals surface area contributed by atoms with Crippen LogP contribution in [0.25, 0.3) is 11.4 Å². The van der Waals surface area contributed by atoms with Crippen molar-refractivity contribution in [2.45, 2.75) is 12.8 Å². The van der Waals surface area contributed by atoms with Crippen molar-refractivity contribution in [3.05, 3.63) is 57.6 Å². The normalized spacial score (nSPS) is 10.6. The number of hydrogen-bond acceptors (Lipinski definition) is 7. The van der Waals surface area contributed by atoms with E-state index in [4.69, 9.17) is 20.9 Å². The van der Waals surface area contributed by atoms with Gasteiger partial charge in [0.15, 0.2) is 12.4 Å². The number of rotatable bonds is 7. The number of halogens is 1. The fourth-order valence-corrected chi connectivity index (χ4v) is 2.77. The van der Waals surface area contributed by atoms with Gasteiger partial charge in [0.1, 0.15) is 0 Å². The quantitative estimate of drug-likeness (QED) is 0.460. The predicted octanol–water partition coefficient (Wildman–Crippen LogP) is 3.81. The maximum Gasteiger partial charge on any atom is 0.306 e. The van der Waals surface area contributed by atoms with Crippen LogP contribution in [-0.2, 0) is 16.0 Å². The van der Waals surface area contributed by atoms with Crippen LogP contribution in [0.15, 0.2) is 45.6 Å². The average molecular weight is 377 g/mol. The van der Waals surface area contributed by atoms with Crippen molar-refractivity contribution in [3.8, 4) is 11.4 Å². The van der Waals surface area contributed by atoms with Gasteiger partial charge in [-0.2, -0.15) is 16.3 Å². The van der Waals surface area contributed by atoms with Crippen molar-refractivity contribution in [2.24, 2.45) is 0 Å². The number of thiophene rings is 1. The molecule has 0 atom stereocenters. The Hall–Kier alpha value is -2.51. The highest BCUT2D eigenvalue weighted by Gasteiger charge is 2.13. The molecule has 3 aromatic rings. The summed E-state index contributed by atoms with van der Waals surface area (Å²) >= 11 is 7.30. The van der Waals surface area contributed by atoms with Gasteiger partial charge < -0.3 is 9.26 Å². The maximum absolute atomic E-state index is 11.9. The van der Waals surface area contributed by atoms with Gasteiger partial charge in [0.25, 0.3) is 0 Å². The smallest absolute Gasteiger partial charge is 0.306 e. The molecule has 0 N–H and O–H groups in total. The van der Waals surface area contributed by atoms with Crippen molar-refractivity contribution in [1.82, 2.24) is 10.1 Å². The number of nitrogens with zero attached hydrogens (tertiary/aromatic N) is 2. The first-order valence-corrected chi connectivity index (χ1v) is 8.73. The zero-order valence-electron chi connectivity index (χ0n) is 13.0. The van der Waals surface area contributed by atoms with Gasteiger partial charge in [-0.3, -0.25) is 9.59 Å². The highest BCUT2D eigenvalue weighted by atomic mass is 35.5. The van der Waals surface area contributed by atoms with Gasteiger partial charge in [-0.25, -0.2) is 0 Å². The molecule has 0 radical (unpaired) electrons. The molecule has 0 saturated carbocycles. The van der Waals surface area contributed by atoms with E-state index < -0.39 is 5.97 Å². The first-order chi connectivity index (χ1) is 12.1. The number of aromatic nitrogens is 2. The first-order valence-electron chi connectivity index (χ1n) is 7.41. The fourth-order valence-electron chi connectivity index (χ4n) is 2.01. The van der Waals surface area contributed by atoms with Crippen LogP contribution in [0.3, 0.4) is 0 Å². The summed E-state index contributed by atoms with van der Waals surface area (Å²) in [6.07, 6.45) is 0.310. The van der Waals surface area contributed by atoms with E-state index in [0.29, 0.717) is 22.3 Å². The molecule has 0 aliphatic rings.